The zero-order valence-electron chi connectivity index (χ0n) is 11.5. The molecule has 0 radical (unpaired) electrons. The lowest BCUT2D eigenvalue weighted by molar-refractivity contribution is 0.282. The van der Waals surface area contributed by atoms with Gasteiger partial charge in [0.05, 0.1) is 10.0 Å². The third-order valence-corrected chi connectivity index (χ3v) is 4.90. The zero-order valence-corrected chi connectivity index (χ0v) is 13.1. The number of hydrogen-bond donors (Lipinski definition) is 1. The minimum absolute atomic E-state index is 0.453. The Morgan fingerprint density at radius 3 is 2.90 bits per heavy atom. The molecule has 1 unspecified atom stereocenters. The molecule has 1 fully saturated rings. The monoisotopic (exact) mass is 310 g/mol. The first kappa shape index (κ1) is 14.1. The van der Waals surface area contributed by atoms with Gasteiger partial charge in [-0.3, -0.25) is 0 Å². The van der Waals surface area contributed by atoms with Crippen molar-refractivity contribution in [2.45, 2.75) is 38.1 Å². The lowest BCUT2D eigenvalue weighted by Gasteiger charge is -2.35. The van der Waals surface area contributed by atoms with E-state index in [0.717, 1.165) is 13.0 Å². The van der Waals surface area contributed by atoms with E-state index in [0.29, 0.717) is 16.1 Å². The third kappa shape index (κ3) is 3.24. The first-order valence-electron chi connectivity index (χ1n) is 7.36. The van der Waals surface area contributed by atoms with Crippen LogP contribution in [0.15, 0.2) is 30.1 Å². The molecule has 0 aromatic heterocycles. The summed E-state index contributed by atoms with van der Waals surface area (Å²) in [4.78, 5) is 2.55. The number of hydrogen-bond acceptors (Lipinski definition) is 2. The highest BCUT2D eigenvalue weighted by Gasteiger charge is 2.22. The minimum Gasteiger partial charge on any atom is -0.385 e. The molecule has 0 aliphatic carbocycles. The van der Waals surface area contributed by atoms with Gasteiger partial charge < -0.3 is 10.2 Å². The Morgan fingerprint density at radius 2 is 2.05 bits per heavy atom. The average molecular weight is 311 g/mol. The molecule has 0 saturated carbocycles. The van der Waals surface area contributed by atoms with Gasteiger partial charge in [-0.15, -0.1) is 0 Å². The van der Waals surface area contributed by atoms with Crippen molar-refractivity contribution in [2.24, 2.45) is 0 Å². The van der Waals surface area contributed by atoms with Crippen molar-refractivity contribution in [3.63, 3.8) is 0 Å². The highest BCUT2D eigenvalue weighted by Crippen LogP contribution is 2.25. The molecule has 1 aromatic rings. The molecule has 20 heavy (non-hydrogen) atoms. The molecule has 0 spiro atoms. The second-order valence-corrected chi connectivity index (χ2v) is 6.52. The molecule has 1 atom stereocenters. The van der Waals surface area contributed by atoms with E-state index in [-0.39, 0.29) is 0 Å². The molecular formula is C16H20Cl2N2. The molecule has 2 aliphatic heterocycles. The van der Waals surface area contributed by atoms with Gasteiger partial charge in [-0.05, 0) is 43.4 Å². The number of allylic oxidation sites excluding steroid dienone is 1. The molecule has 0 amide bonds. The largest absolute Gasteiger partial charge is 0.385 e. The van der Waals surface area contributed by atoms with Gasteiger partial charge in [0, 0.05) is 31.0 Å². The summed E-state index contributed by atoms with van der Waals surface area (Å²) >= 11 is 12.1. The molecule has 3 rings (SSSR count). The number of rotatable bonds is 2. The van der Waals surface area contributed by atoms with Crippen LogP contribution in [0.25, 0.3) is 0 Å². The lowest BCUT2D eigenvalue weighted by atomic mass is 10.0. The molecule has 1 aromatic carbocycles. The van der Waals surface area contributed by atoms with Gasteiger partial charge in [0.2, 0.25) is 0 Å². The smallest absolute Gasteiger partial charge is 0.0595 e. The highest BCUT2D eigenvalue weighted by atomic mass is 35.5. The van der Waals surface area contributed by atoms with Gasteiger partial charge in [-0.2, -0.15) is 0 Å². The molecule has 2 heterocycles. The summed E-state index contributed by atoms with van der Waals surface area (Å²) in [5.41, 5.74) is 2.72. The van der Waals surface area contributed by atoms with E-state index in [1.807, 2.05) is 12.1 Å². The first-order valence-corrected chi connectivity index (χ1v) is 8.12. The Bertz CT molecular complexity index is 513. The standard InChI is InChI=1S/C16H20Cl2N2/c17-15-6-5-12(9-16(15)18)8-13-11-20-7-3-1-2-4-14(20)10-19-13/h5-6,9-10,13,19H,1-4,7-8,11H2. The topological polar surface area (TPSA) is 15.3 Å². The van der Waals surface area contributed by atoms with Crippen molar-refractivity contribution in [3.8, 4) is 0 Å². The molecular weight excluding hydrogens is 291 g/mol. The highest BCUT2D eigenvalue weighted by molar-refractivity contribution is 6.42. The fourth-order valence-electron chi connectivity index (χ4n) is 3.07. The van der Waals surface area contributed by atoms with Crippen LogP contribution in [-0.2, 0) is 6.42 Å². The summed E-state index contributed by atoms with van der Waals surface area (Å²) in [6.45, 7) is 2.29. The Labute approximate surface area is 130 Å². The van der Waals surface area contributed by atoms with E-state index in [1.54, 1.807) is 0 Å². The van der Waals surface area contributed by atoms with Crippen molar-refractivity contribution in [2.75, 3.05) is 13.1 Å². The summed E-state index contributed by atoms with van der Waals surface area (Å²) in [6, 6.07) is 6.38. The van der Waals surface area contributed by atoms with Gasteiger partial charge in [0.15, 0.2) is 0 Å². The van der Waals surface area contributed by atoms with Crippen LogP contribution in [0.1, 0.15) is 31.2 Å². The molecule has 108 valence electrons. The van der Waals surface area contributed by atoms with Crippen molar-refractivity contribution >= 4 is 23.2 Å². The molecule has 4 heteroatoms. The zero-order chi connectivity index (χ0) is 13.9. The maximum absolute atomic E-state index is 6.09. The maximum Gasteiger partial charge on any atom is 0.0595 e. The third-order valence-electron chi connectivity index (χ3n) is 4.16. The Balaban J connectivity index is 1.67. The molecule has 2 nitrogen and oxygen atoms in total. The van der Waals surface area contributed by atoms with Crippen molar-refractivity contribution in [3.05, 3.63) is 45.7 Å². The first-order chi connectivity index (χ1) is 9.72. The van der Waals surface area contributed by atoms with Gasteiger partial charge in [0.1, 0.15) is 0 Å². The molecule has 1 saturated heterocycles. The quantitative estimate of drug-likeness (QED) is 0.879. The van der Waals surface area contributed by atoms with Crippen LogP contribution in [0, 0.1) is 0 Å². The average Bonchev–Trinajstić information content (AvgIpc) is 2.68. The second-order valence-electron chi connectivity index (χ2n) is 5.71. The number of fused-ring (bicyclic) bond motifs is 1. The fourth-order valence-corrected chi connectivity index (χ4v) is 3.39. The number of halogens is 2. The van der Waals surface area contributed by atoms with E-state index < -0.39 is 0 Å². The molecule has 0 bridgehead atoms. The Kier molecular flexibility index (Phi) is 4.42. The van der Waals surface area contributed by atoms with Crippen molar-refractivity contribution in [1.82, 2.24) is 10.2 Å². The Morgan fingerprint density at radius 1 is 1.15 bits per heavy atom. The second kappa shape index (κ2) is 6.28. The van der Waals surface area contributed by atoms with Crippen molar-refractivity contribution in [1.29, 1.82) is 0 Å². The van der Waals surface area contributed by atoms with Gasteiger partial charge in [-0.25, -0.2) is 0 Å². The van der Waals surface area contributed by atoms with Crippen LogP contribution < -0.4 is 5.32 Å². The Hall–Kier alpha value is -0.860. The summed E-state index contributed by atoms with van der Waals surface area (Å²) in [6.07, 6.45) is 8.41. The fraction of sp³-hybridized carbons (Fsp3) is 0.500. The number of benzene rings is 1. The normalized spacial score (nSPS) is 22.6. The predicted octanol–water partition coefficient (Wildman–Crippen LogP) is 4.23. The van der Waals surface area contributed by atoms with E-state index in [2.05, 4.69) is 22.5 Å². The number of nitrogens with zero attached hydrogens (tertiary/aromatic N) is 1. The van der Waals surface area contributed by atoms with Crippen LogP contribution in [-0.4, -0.2) is 24.0 Å². The summed E-state index contributed by atoms with van der Waals surface area (Å²) in [5, 5.41) is 4.82. The minimum atomic E-state index is 0.453. The summed E-state index contributed by atoms with van der Waals surface area (Å²) < 4.78 is 0. The van der Waals surface area contributed by atoms with Crippen LogP contribution >= 0.6 is 23.2 Å². The van der Waals surface area contributed by atoms with E-state index in [4.69, 9.17) is 23.2 Å². The number of nitrogens with one attached hydrogen (secondary N) is 1. The summed E-state index contributed by atoms with van der Waals surface area (Å²) in [5.74, 6) is 0. The van der Waals surface area contributed by atoms with E-state index >= 15 is 0 Å². The predicted molar refractivity (Wildman–Crippen MR) is 85.2 cm³/mol. The van der Waals surface area contributed by atoms with E-state index in [1.165, 1.54) is 43.5 Å². The molecule has 2 aliphatic rings. The molecule has 1 N–H and O–H groups in total. The maximum atomic E-state index is 6.09. The SMILES string of the molecule is Clc1ccc(CC2CN3CCCCCC3=CN2)cc1Cl. The van der Waals surface area contributed by atoms with Crippen LogP contribution in [0.3, 0.4) is 0 Å². The van der Waals surface area contributed by atoms with Crippen LogP contribution in [0.2, 0.25) is 10.0 Å². The van der Waals surface area contributed by atoms with Gasteiger partial charge in [-0.1, -0.05) is 35.7 Å². The lowest BCUT2D eigenvalue weighted by Crippen LogP contribution is -2.44. The van der Waals surface area contributed by atoms with Crippen LogP contribution in [0.5, 0.6) is 0 Å². The van der Waals surface area contributed by atoms with Crippen molar-refractivity contribution < 1.29 is 0 Å². The summed E-state index contributed by atoms with van der Waals surface area (Å²) in [7, 11) is 0. The van der Waals surface area contributed by atoms with Gasteiger partial charge >= 0.3 is 0 Å². The van der Waals surface area contributed by atoms with Gasteiger partial charge in [0.25, 0.3) is 0 Å². The van der Waals surface area contributed by atoms with Crippen LogP contribution in [0.4, 0.5) is 0 Å². The van der Waals surface area contributed by atoms with E-state index in [9.17, 15) is 0 Å².